The van der Waals surface area contributed by atoms with Crippen LogP contribution in [0.4, 0.5) is 0 Å². The van der Waals surface area contributed by atoms with Gasteiger partial charge in [0.25, 0.3) is 0 Å². The summed E-state index contributed by atoms with van der Waals surface area (Å²) in [6, 6.07) is 0. The molecule has 3 nitrogen and oxygen atoms in total. The zero-order valence-corrected chi connectivity index (χ0v) is 23.5. The monoisotopic (exact) mass is 451 g/mol. The molecule has 0 aliphatic heterocycles. The summed E-state index contributed by atoms with van der Waals surface area (Å²) in [6.45, 7) is 23.5. The van der Waals surface area contributed by atoms with Crippen molar-refractivity contribution in [1.82, 2.24) is 14.7 Å². The molecule has 0 bridgehead atoms. The minimum absolute atomic E-state index is 1.18. The highest BCUT2D eigenvalue weighted by molar-refractivity contribution is 5.13. The Bertz CT molecular complexity index is 396. The number of rotatable bonds is 23. The SMILES string of the molecule is CCCCCCCCCC(=C(N(CCC)CCC)N(CCC)CCC)N(CCC)CCC. The summed E-state index contributed by atoms with van der Waals surface area (Å²) < 4.78 is 0. The van der Waals surface area contributed by atoms with E-state index in [2.05, 4.69) is 63.2 Å². The Kier molecular flexibility index (Phi) is 21.4. The van der Waals surface area contributed by atoms with Crippen molar-refractivity contribution in [1.29, 1.82) is 0 Å². The number of unbranched alkanes of at least 4 members (excludes halogenated alkanes) is 6. The van der Waals surface area contributed by atoms with Crippen molar-refractivity contribution in [2.24, 2.45) is 0 Å². The van der Waals surface area contributed by atoms with E-state index in [0.29, 0.717) is 0 Å². The Labute approximate surface area is 204 Å². The van der Waals surface area contributed by atoms with Crippen LogP contribution in [0.1, 0.15) is 138 Å². The lowest BCUT2D eigenvalue weighted by atomic mass is 10.1. The lowest BCUT2D eigenvalue weighted by Crippen LogP contribution is -2.41. The van der Waals surface area contributed by atoms with Crippen LogP contribution in [-0.2, 0) is 0 Å². The Hall–Kier alpha value is -0.860. The Morgan fingerprint density at radius 3 is 1.09 bits per heavy atom. The summed E-state index contributed by atoms with van der Waals surface area (Å²) in [5.41, 5.74) is 1.66. The van der Waals surface area contributed by atoms with E-state index in [9.17, 15) is 0 Å². The summed E-state index contributed by atoms with van der Waals surface area (Å²) >= 11 is 0. The van der Waals surface area contributed by atoms with Gasteiger partial charge in [0.1, 0.15) is 5.82 Å². The van der Waals surface area contributed by atoms with Crippen molar-refractivity contribution >= 4 is 0 Å². The number of allylic oxidation sites excluding steroid dienone is 1. The Morgan fingerprint density at radius 1 is 0.375 bits per heavy atom. The molecule has 0 unspecified atom stereocenters. The summed E-state index contributed by atoms with van der Waals surface area (Å²) in [6.07, 6.45) is 18.3. The van der Waals surface area contributed by atoms with Gasteiger partial charge >= 0.3 is 0 Å². The maximum Gasteiger partial charge on any atom is 0.124 e. The second kappa shape index (κ2) is 22.0. The highest BCUT2D eigenvalue weighted by atomic mass is 15.3. The van der Waals surface area contributed by atoms with Gasteiger partial charge in [-0.2, -0.15) is 0 Å². The topological polar surface area (TPSA) is 9.72 Å². The maximum absolute atomic E-state index is 2.77. The molecule has 0 saturated heterocycles. The molecule has 3 heteroatoms. The third kappa shape index (κ3) is 13.0. The molecule has 0 fully saturated rings. The second-order valence-electron chi connectivity index (χ2n) is 9.60. The van der Waals surface area contributed by atoms with Gasteiger partial charge in [0.15, 0.2) is 0 Å². The zero-order chi connectivity index (χ0) is 24.0. The van der Waals surface area contributed by atoms with E-state index in [1.165, 1.54) is 129 Å². The zero-order valence-electron chi connectivity index (χ0n) is 23.5. The van der Waals surface area contributed by atoms with E-state index >= 15 is 0 Å². The Balaban J connectivity index is 6.01. The average Bonchev–Trinajstić information content (AvgIpc) is 2.78. The lowest BCUT2D eigenvalue weighted by molar-refractivity contribution is 0.182. The largest absolute Gasteiger partial charge is 0.372 e. The van der Waals surface area contributed by atoms with Crippen LogP contribution in [0.25, 0.3) is 0 Å². The van der Waals surface area contributed by atoms with Crippen LogP contribution in [0.5, 0.6) is 0 Å². The fourth-order valence-corrected chi connectivity index (χ4v) is 4.87. The molecule has 0 amide bonds. The van der Waals surface area contributed by atoms with Crippen LogP contribution in [0.3, 0.4) is 0 Å². The first-order chi connectivity index (χ1) is 15.6. The molecule has 32 heavy (non-hydrogen) atoms. The van der Waals surface area contributed by atoms with Crippen molar-refractivity contribution in [3.05, 3.63) is 11.5 Å². The van der Waals surface area contributed by atoms with Gasteiger partial charge in [0.05, 0.1) is 5.70 Å². The fourth-order valence-electron chi connectivity index (χ4n) is 4.87. The molecule has 0 spiro atoms. The molecular weight excluding hydrogens is 390 g/mol. The van der Waals surface area contributed by atoms with Crippen LogP contribution >= 0.6 is 0 Å². The maximum atomic E-state index is 2.77. The molecule has 0 saturated carbocycles. The van der Waals surface area contributed by atoms with Gasteiger partial charge in [0.2, 0.25) is 0 Å². The highest BCUT2D eigenvalue weighted by Crippen LogP contribution is 2.26. The quantitative estimate of drug-likeness (QED) is 0.144. The highest BCUT2D eigenvalue weighted by Gasteiger charge is 2.23. The van der Waals surface area contributed by atoms with Crippen molar-refractivity contribution in [2.75, 3.05) is 39.3 Å². The second-order valence-corrected chi connectivity index (χ2v) is 9.60. The summed E-state index contributed by atoms with van der Waals surface area (Å²) in [5, 5.41) is 0. The van der Waals surface area contributed by atoms with Gasteiger partial charge in [-0.25, -0.2) is 0 Å². The van der Waals surface area contributed by atoms with E-state index in [4.69, 9.17) is 0 Å². The number of hydrogen-bond donors (Lipinski definition) is 0. The van der Waals surface area contributed by atoms with Crippen LogP contribution in [0.15, 0.2) is 11.5 Å². The molecule has 0 aromatic rings. The molecule has 0 atom stereocenters. The van der Waals surface area contributed by atoms with Gasteiger partial charge in [0, 0.05) is 39.3 Å². The molecule has 0 heterocycles. The van der Waals surface area contributed by atoms with Crippen LogP contribution in [0.2, 0.25) is 0 Å². The standard InChI is InChI=1S/C29H61N3/c1-8-15-16-17-18-19-20-21-28(30(22-9-2)23-10-3)29(31(24-11-4)25-12-5)32(26-13-6)27-14-7/h8-27H2,1-7H3. The first kappa shape index (κ1) is 31.1. The van der Waals surface area contributed by atoms with E-state index in [1.807, 2.05) is 0 Å². The molecule has 192 valence electrons. The first-order valence-electron chi connectivity index (χ1n) is 14.6. The first-order valence-corrected chi connectivity index (χ1v) is 14.6. The molecule has 0 radical (unpaired) electrons. The molecular formula is C29H61N3. The number of nitrogens with zero attached hydrogens (tertiary/aromatic N) is 3. The molecule has 0 aromatic heterocycles. The smallest absolute Gasteiger partial charge is 0.124 e. The van der Waals surface area contributed by atoms with Gasteiger partial charge < -0.3 is 14.7 Å². The van der Waals surface area contributed by atoms with Gasteiger partial charge in [-0.1, -0.05) is 87.0 Å². The van der Waals surface area contributed by atoms with Gasteiger partial charge in [-0.05, 0) is 51.4 Å². The molecule has 0 aliphatic rings. The third-order valence-corrected chi connectivity index (χ3v) is 6.22. The summed E-state index contributed by atoms with van der Waals surface area (Å²) in [4.78, 5) is 8.27. The van der Waals surface area contributed by atoms with Crippen LogP contribution in [-0.4, -0.2) is 54.0 Å². The van der Waals surface area contributed by atoms with E-state index in [1.54, 1.807) is 11.5 Å². The van der Waals surface area contributed by atoms with E-state index in [0.717, 1.165) is 0 Å². The Morgan fingerprint density at radius 2 is 0.719 bits per heavy atom. The molecule has 0 rings (SSSR count). The predicted octanol–water partition coefficient (Wildman–Crippen LogP) is 8.66. The molecule has 0 aromatic carbocycles. The van der Waals surface area contributed by atoms with Crippen molar-refractivity contribution < 1.29 is 0 Å². The van der Waals surface area contributed by atoms with Crippen LogP contribution < -0.4 is 0 Å². The minimum Gasteiger partial charge on any atom is -0.372 e. The van der Waals surface area contributed by atoms with Crippen molar-refractivity contribution in [3.63, 3.8) is 0 Å². The lowest BCUT2D eigenvalue weighted by Gasteiger charge is -2.41. The molecule has 0 aliphatic carbocycles. The van der Waals surface area contributed by atoms with Crippen molar-refractivity contribution in [2.45, 2.75) is 138 Å². The predicted molar refractivity (Wildman–Crippen MR) is 146 cm³/mol. The van der Waals surface area contributed by atoms with Crippen LogP contribution in [0, 0.1) is 0 Å². The minimum atomic E-state index is 1.18. The normalized spacial score (nSPS) is 11.0. The van der Waals surface area contributed by atoms with Gasteiger partial charge in [-0.15, -0.1) is 0 Å². The van der Waals surface area contributed by atoms with Gasteiger partial charge in [-0.3, -0.25) is 0 Å². The average molecular weight is 452 g/mol. The third-order valence-electron chi connectivity index (χ3n) is 6.22. The number of hydrogen-bond acceptors (Lipinski definition) is 3. The summed E-state index contributed by atoms with van der Waals surface area (Å²) in [7, 11) is 0. The van der Waals surface area contributed by atoms with Crippen molar-refractivity contribution in [3.8, 4) is 0 Å². The van der Waals surface area contributed by atoms with E-state index in [-0.39, 0.29) is 0 Å². The molecule has 0 N–H and O–H groups in total. The van der Waals surface area contributed by atoms with E-state index < -0.39 is 0 Å². The fraction of sp³-hybridized carbons (Fsp3) is 0.931. The summed E-state index contributed by atoms with van der Waals surface area (Å²) in [5.74, 6) is 1.59.